The highest BCUT2D eigenvalue weighted by atomic mass is 16.5. The normalized spacial score (nSPS) is 15.6. The summed E-state index contributed by atoms with van der Waals surface area (Å²) in [6.45, 7) is 5.57. The summed E-state index contributed by atoms with van der Waals surface area (Å²) < 4.78 is 12.1. The second-order valence-electron chi connectivity index (χ2n) is 18.9. The number of carbonyl (C=O) groups excluding carboxylic acids is 3. The Balaban J connectivity index is 0.720. The predicted octanol–water partition coefficient (Wildman–Crippen LogP) is 6.97. The molecule has 2 atom stereocenters. The molecule has 2 fully saturated rings. The van der Waals surface area contributed by atoms with E-state index in [1.165, 1.54) is 17.7 Å². The van der Waals surface area contributed by atoms with Crippen LogP contribution >= 0.6 is 0 Å². The lowest BCUT2D eigenvalue weighted by atomic mass is 9.86. The molecule has 5 N–H and O–H groups in total. The van der Waals surface area contributed by atoms with E-state index in [1.807, 2.05) is 48.5 Å². The molecule has 0 unspecified atom stereocenters. The quantitative estimate of drug-likeness (QED) is 0.0442. The number of piperazine rings is 1. The molecule has 0 bridgehead atoms. The van der Waals surface area contributed by atoms with E-state index in [4.69, 9.17) is 9.47 Å². The summed E-state index contributed by atoms with van der Waals surface area (Å²) in [4.78, 5) is 61.3. The Morgan fingerprint density at radius 2 is 1.30 bits per heavy atom. The lowest BCUT2D eigenvalue weighted by Crippen LogP contribution is -2.50. The van der Waals surface area contributed by atoms with Gasteiger partial charge in [-0.2, -0.15) is 0 Å². The number of hydrogen-bond acceptors (Lipinski definition) is 11. The number of aromatic amines is 1. The van der Waals surface area contributed by atoms with Crippen molar-refractivity contribution in [1.82, 2.24) is 25.0 Å². The smallest absolute Gasteiger partial charge is 0.347 e. The van der Waals surface area contributed by atoms with Crippen molar-refractivity contribution in [2.24, 2.45) is 5.92 Å². The van der Waals surface area contributed by atoms with Crippen LogP contribution in [0.1, 0.15) is 73.0 Å². The molecule has 0 saturated carbocycles. The van der Waals surface area contributed by atoms with E-state index < -0.39 is 17.7 Å². The number of piperidine rings is 1. The Bertz CT molecular complexity index is 3040. The summed E-state index contributed by atoms with van der Waals surface area (Å²) in [5.74, 6) is -0.355. The molecule has 7 aromatic rings. The lowest BCUT2D eigenvalue weighted by molar-refractivity contribution is -0.164. The van der Waals surface area contributed by atoms with Crippen LogP contribution in [0.4, 0.5) is 0 Å². The minimum Gasteiger partial charge on any atom is -0.506 e. The fourth-order valence-corrected chi connectivity index (χ4v) is 9.68. The molecule has 2 aliphatic heterocycles. The maximum absolute atomic E-state index is 13.9. The van der Waals surface area contributed by atoms with Gasteiger partial charge in [0.1, 0.15) is 18.1 Å². The van der Waals surface area contributed by atoms with Crippen molar-refractivity contribution in [3.63, 3.8) is 0 Å². The number of carbonyl (C=O) groups is 3. The monoisotopic (exact) mass is 983 g/mol. The van der Waals surface area contributed by atoms with Crippen molar-refractivity contribution >= 4 is 28.7 Å². The van der Waals surface area contributed by atoms with E-state index in [2.05, 4.69) is 39.5 Å². The Kier molecular flexibility index (Phi) is 16.1. The van der Waals surface area contributed by atoms with Crippen LogP contribution in [0.3, 0.4) is 0 Å². The zero-order valence-corrected chi connectivity index (χ0v) is 40.7. The molecule has 0 aliphatic carbocycles. The number of H-pyrrole nitrogens is 1. The van der Waals surface area contributed by atoms with E-state index in [0.717, 1.165) is 43.6 Å². The first-order valence-corrected chi connectivity index (χ1v) is 25.0. The summed E-state index contributed by atoms with van der Waals surface area (Å²) in [5, 5.41) is 37.1. The van der Waals surface area contributed by atoms with Crippen LogP contribution in [0.25, 0.3) is 10.9 Å². The van der Waals surface area contributed by atoms with Crippen LogP contribution in [0.5, 0.6) is 11.5 Å². The van der Waals surface area contributed by atoms with Gasteiger partial charge in [-0.05, 0) is 121 Å². The molecule has 14 nitrogen and oxygen atoms in total. The topological polar surface area (TPSA) is 185 Å². The number of amides is 2. The molecular weight excluding hydrogens is 923 g/mol. The molecule has 9 rings (SSSR count). The number of phenolic OH excluding ortho intramolecular Hbond substituents is 1. The molecule has 6 aromatic carbocycles. The highest BCUT2D eigenvalue weighted by molar-refractivity contribution is 5.96. The van der Waals surface area contributed by atoms with Gasteiger partial charge in [0.2, 0.25) is 11.2 Å². The van der Waals surface area contributed by atoms with Crippen LogP contribution in [0.15, 0.2) is 163 Å². The van der Waals surface area contributed by atoms with E-state index in [1.54, 1.807) is 82.6 Å². The lowest BCUT2D eigenvalue weighted by Gasteiger charge is -2.35. The first-order chi connectivity index (χ1) is 35.5. The van der Waals surface area contributed by atoms with Crippen molar-refractivity contribution in [1.29, 1.82) is 0 Å². The molecule has 73 heavy (non-hydrogen) atoms. The van der Waals surface area contributed by atoms with Gasteiger partial charge in [-0.1, -0.05) is 103 Å². The second-order valence-corrected chi connectivity index (χ2v) is 18.9. The molecule has 2 saturated heterocycles. The van der Waals surface area contributed by atoms with Gasteiger partial charge in [0.25, 0.3) is 11.8 Å². The fourth-order valence-electron chi connectivity index (χ4n) is 9.68. The molecule has 376 valence electrons. The number of likely N-dealkylation sites (tertiary alicyclic amines) is 1. The van der Waals surface area contributed by atoms with Crippen molar-refractivity contribution in [3.8, 4) is 11.5 Å². The van der Waals surface area contributed by atoms with E-state index >= 15 is 0 Å². The average Bonchev–Trinajstić information content (AvgIpc) is 3.44. The molecule has 0 radical (unpaired) electrons. The van der Waals surface area contributed by atoms with Gasteiger partial charge in [0.05, 0.1) is 18.2 Å². The molecule has 2 aliphatic rings. The third-order valence-corrected chi connectivity index (χ3v) is 14.0. The zero-order chi connectivity index (χ0) is 50.7. The molecular formula is C59H61N5O9. The van der Waals surface area contributed by atoms with Crippen molar-refractivity contribution in [2.75, 3.05) is 59.0 Å². The SMILES string of the molecule is O=C(c1ccc(CCNC[C@H](O)c2ccc(O)c3[nH]c(=O)ccc23)cc1)N1CCN(C(=O)c2ccc(COc3cccc([C@](O)(C(=O)OCC4CCN(Cc5ccccc5)CC4)c4ccccc4)c3)cc2)CC1. The van der Waals surface area contributed by atoms with Gasteiger partial charge in [0, 0.05) is 67.4 Å². The number of phenols is 1. The number of ether oxygens (including phenoxy) is 2. The van der Waals surface area contributed by atoms with Crippen molar-refractivity contribution < 1.29 is 39.2 Å². The number of aromatic hydroxyl groups is 1. The van der Waals surface area contributed by atoms with E-state index in [9.17, 15) is 34.5 Å². The average molecular weight is 984 g/mol. The standard InChI is InChI=1S/C59H61N5O9/c65-52-24-22-50(51-23-25-54(67)61-55(51)52)53(66)37-60-29-26-41-14-18-45(19-15-41)56(68)63-32-34-64(35-33-63)57(69)46-20-16-43(17-21-46)39-72-49-13-7-12-48(36-49)59(71,47-10-5-2-6-11-47)58(70)73-40-44-27-30-62(31-28-44)38-42-8-3-1-4-9-42/h1-25,36,44,53,60,65-66,71H,26-35,37-40H2,(H,61,67)/t53-,59-/m0/s1. The summed E-state index contributed by atoms with van der Waals surface area (Å²) in [6.07, 6.45) is 1.60. The first kappa shape index (κ1) is 50.3. The number of aliphatic hydroxyl groups is 2. The van der Waals surface area contributed by atoms with Crippen LogP contribution in [-0.4, -0.2) is 112 Å². The van der Waals surface area contributed by atoms with Crippen LogP contribution in [-0.2, 0) is 34.7 Å². The maximum atomic E-state index is 13.9. The molecule has 14 heteroatoms. The minimum absolute atomic E-state index is 0.0600. The Morgan fingerprint density at radius 3 is 1.96 bits per heavy atom. The summed E-state index contributed by atoms with van der Waals surface area (Å²) in [6, 6.07) is 46.9. The second kappa shape index (κ2) is 23.3. The van der Waals surface area contributed by atoms with Gasteiger partial charge in [0.15, 0.2) is 0 Å². The van der Waals surface area contributed by atoms with Crippen LogP contribution in [0.2, 0.25) is 0 Å². The van der Waals surface area contributed by atoms with Crippen LogP contribution < -0.4 is 15.6 Å². The van der Waals surface area contributed by atoms with E-state index in [0.29, 0.717) is 78.1 Å². The predicted molar refractivity (Wildman–Crippen MR) is 278 cm³/mol. The fraction of sp³-hybridized carbons (Fsp3) is 0.288. The Labute approximate surface area is 424 Å². The number of nitrogens with zero attached hydrogens (tertiary/aromatic N) is 3. The number of esters is 1. The van der Waals surface area contributed by atoms with Crippen LogP contribution in [0, 0.1) is 5.92 Å². The molecule has 3 heterocycles. The molecule has 0 spiro atoms. The first-order valence-electron chi connectivity index (χ1n) is 25.0. The number of benzene rings is 6. The molecule has 1 aromatic heterocycles. The third kappa shape index (κ3) is 12.2. The summed E-state index contributed by atoms with van der Waals surface area (Å²) in [7, 11) is 0. The summed E-state index contributed by atoms with van der Waals surface area (Å²) >= 11 is 0. The van der Waals surface area contributed by atoms with Crippen molar-refractivity contribution in [2.45, 2.75) is 44.1 Å². The Hall–Kier alpha value is -7.62. The number of fused-ring (bicyclic) bond motifs is 1. The maximum Gasteiger partial charge on any atom is 0.347 e. The van der Waals surface area contributed by atoms with E-state index in [-0.39, 0.29) is 54.3 Å². The zero-order valence-electron chi connectivity index (χ0n) is 40.7. The van der Waals surface area contributed by atoms with Gasteiger partial charge in [-0.3, -0.25) is 19.3 Å². The largest absolute Gasteiger partial charge is 0.506 e. The number of rotatable bonds is 18. The number of aromatic nitrogens is 1. The third-order valence-electron chi connectivity index (χ3n) is 14.0. The van der Waals surface area contributed by atoms with Crippen molar-refractivity contribution in [3.05, 3.63) is 213 Å². The van der Waals surface area contributed by atoms with Gasteiger partial charge in [-0.15, -0.1) is 0 Å². The van der Waals surface area contributed by atoms with Gasteiger partial charge in [-0.25, -0.2) is 4.79 Å². The number of pyridine rings is 1. The highest BCUT2D eigenvalue weighted by Gasteiger charge is 2.42. The van der Waals surface area contributed by atoms with Gasteiger partial charge < -0.3 is 44.9 Å². The van der Waals surface area contributed by atoms with Gasteiger partial charge >= 0.3 is 5.97 Å². The highest BCUT2D eigenvalue weighted by Crippen LogP contribution is 2.34. The summed E-state index contributed by atoms with van der Waals surface area (Å²) in [5.41, 5.74) is 3.44. The Morgan fingerprint density at radius 1 is 0.685 bits per heavy atom. The number of aliphatic hydroxyl groups excluding tert-OH is 1. The molecule has 2 amide bonds. The number of hydrogen-bond donors (Lipinski definition) is 5. The minimum atomic E-state index is -2.06. The number of nitrogens with one attached hydrogen (secondary N) is 2.